The second kappa shape index (κ2) is 6.89. The zero-order valence-corrected chi connectivity index (χ0v) is 16.9. The molecule has 2 fully saturated rings. The van der Waals surface area contributed by atoms with Gasteiger partial charge in [0.2, 0.25) is 5.95 Å². The van der Waals surface area contributed by atoms with Crippen molar-refractivity contribution in [3.05, 3.63) is 46.2 Å². The van der Waals surface area contributed by atoms with Crippen LogP contribution in [0.15, 0.2) is 24.4 Å². The van der Waals surface area contributed by atoms with Crippen LogP contribution < -0.4 is 10.2 Å². The molecule has 2 aromatic rings. The first-order valence-electron chi connectivity index (χ1n) is 9.93. The molecule has 0 aliphatic carbocycles. The van der Waals surface area contributed by atoms with E-state index in [-0.39, 0.29) is 24.0 Å². The monoisotopic (exact) mass is 408 g/mol. The highest BCUT2D eigenvalue weighted by molar-refractivity contribution is 6.34. The summed E-state index contributed by atoms with van der Waals surface area (Å²) in [6.07, 6.45) is 7.64. The number of anilines is 2. The second-order valence-corrected chi connectivity index (χ2v) is 8.39. The smallest absolute Gasteiger partial charge is 0.253 e. The lowest BCUT2D eigenvalue weighted by Gasteiger charge is -2.22. The molecule has 1 N–H and O–H groups in total. The van der Waals surface area contributed by atoms with Crippen molar-refractivity contribution in [1.29, 1.82) is 5.26 Å². The van der Waals surface area contributed by atoms with Crippen LogP contribution in [0, 0.1) is 18.4 Å². The van der Waals surface area contributed by atoms with Gasteiger partial charge in [0.1, 0.15) is 0 Å². The summed E-state index contributed by atoms with van der Waals surface area (Å²) in [5, 5.41) is 12.9. The molecule has 3 atom stereocenters. The minimum atomic E-state index is -0.168. The van der Waals surface area contributed by atoms with Crippen molar-refractivity contribution in [2.75, 3.05) is 11.4 Å². The average Bonchev–Trinajstić information content (AvgIpc) is 3.38. The Morgan fingerprint density at radius 3 is 3.00 bits per heavy atom. The SMILES string of the molecule is Cc1ccnc(N2CCc3cc(C(=O)N[C@@H]4C[C@@H]5CC[C@H]4N5C#N)c(Cl)cc32)n1. The van der Waals surface area contributed by atoms with Gasteiger partial charge in [0.05, 0.1) is 22.7 Å². The number of amides is 1. The van der Waals surface area contributed by atoms with Gasteiger partial charge in [0, 0.05) is 30.2 Å². The maximum atomic E-state index is 13.0. The summed E-state index contributed by atoms with van der Waals surface area (Å²) in [4.78, 5) is 25.7. The lowest BCUT2D eigenvalue weighted by Crippen LogP contribution is -2.43. The highest BCUT2D eigenvalue weighted by Crippen LogP contribution is 2.39. The molecule has 2 bridgehead atoms. The molecule has 0 spiro atoms. The minimum absolute atomic E-state index is 0.00223. The number of nitriles is 1. The Kier molecular flexibility index (Phi) is 4.32. The molecule has 1 aromatic heterocycles. The zero-order valence-electron chi connectivity index (χ0n) is 16.1. The molecule has 1 aromatic carbocycles. The molecule has 148 valence electrons. The Morgan fingerprint density at radius 2 is 2.24 bits per heavy atom. The van der Waals surface area contributed by atoms with Gasteiger partial charge >= 0.3 is 0 Å². The number of benzene rings is 1. The van der Waals surface area contributed by atoms with E-state index < -0.39 is 0 Å². The number of aryl methyl sites for hydroxylation is 1. The third-order valence-corrected chi connectivity index (χ3v) is 6.61. The van der Waals surface area contributed by atoms with E-state index in [1.54, 1.807) is 6.20 Å². The van der Waals surface area contributed by atoms with Crippen LogP contribution in [0.5, 0.6) is 0 Å². The van der Waals surface area contributed by atoms with E-state index in [1.165, 1.54) is 0 Å². The average molecular weight is 409 g/mol. The molecule has 5 rings (SSSR count). The summed E-state index contributed by atoms with van der Waals surface area (Å²) in [5.41, 5.74) is 3.41. The van der Waals surface area contributed by atoms with Crippen molar-refractivity contribution < 1.29 is 4.79 Å². The van der Waals surface area contributed by atoms with Gasteiger partial charge in [-0.3, -0.25) is 4.79 Å². The Bertz CT molecular complexity index is 1030. The van der Waals surface area contributed by atoms with Crippen LogP contribution in [0.3, 0.4) is 0 Å². The number of nitrogens with one attached hydrogen (secondary N) is 1. The van der Waals surface area contributed by atoms with Gasteiger partial charge in [-0.25, -0.2) is 9.97 Å². The molecule has 4 heterocycles. The number of carbonyl (C=O) groups excluding carboxylic acids is 1. The first-order valence-corrected chi connectivity index (χ1v) is 10.3. The number of hydrogen-bond acceptors (Lipinski definition) is 6. The molecule has 7 nitrogen and oxygen atoms in total. The molecule has 1 amide bonds. The van der Waals surface area contributed by atoms with E-state index in [9.17, 15) is 10.1 Å². The highest BCUT2D eigenvalue weighted by Gasteiger charge is 2.46. The fraction of sp³-hybridized carbons (Fsp3) is 0.429. The fourth-order valence-corrected chi connectivity index (χ4v) is 5.15. The van der Waals surface area contributed by atoms with Crippen molar-refractivity contribution in [2.45, 2.75) is 50.7 Å². The van der Waals surface area contributed by atoms with E-state index in [0.717, 1.165) is 49.2 Å². The number of halogens is 1. The molecule has 3 aliphatic heterocycles. The fourth-order valence-electron chi connectivity index (χ4n) is 4.91. The first kappa shape index (κ1) is 18.2. The highest BCUT2D eigenvalue weighted by atomic mass is 35.5. The van der Waals surface area contributed by atoms with E-state index in [1.807, 2.05) is 34.9 Å². The maximum Gasteiger partial charge on any atom is 0.253 e. The van der Waals surface area contributed by atoms with Gasteiger partial charge in [-0.1, -0.05) is 11.6 Å². The Labute approximate surface area is 174 Å². The van der Waals surface area contributed by atoms with E-state index in [4.69, 9.17) is 11.6 Å². The van der Waals surface area contributed by atoms with Gasteiger partial charge in [0.25, 0.3) is 5.91 Å². The van der Waals surface area contributed by atoms with E-state index in [2.05, 4.69) is 21.5 Å². The summed E-state index contributed by atoms with van der Waals surface area (Å²) in [5.74, 6) is 0.481. The van der Waals surface area contributed by atoms with Gasteiger partial charge in [0.15, 0.2) is 6.19 Å². The molecular weight excluding hydrogens is 388 g/mol. The van der Waals surface area contributed by atoms with Gasteiger partial charge in [-0.05, 0) is 56.4 Å². The number of fused-ring (bicyclic) bond motifs is 3. The number of hydrogen-bond donors (Lipinski definition) is 1. The summed E-state index contributed by atoms with van der Waals surface area (Å²) < 4.78 is 0. The lowest BCUT2D eigenvalue weighted by atomic mass is 9.95. The second-order valence-electron chi connectivity index (χ2n) is 7.98. The predicted octanol–water partition coefficient (Wildman–Crippen LogP) is 2.95. The topological polar surface area (TPSA) is 85.2 Å². The molecule has 29 heavy (non-hydrogen) atoms. The van der Waals surface area contributed by atoms with Crippen molar-refractivity contribution >= 4 is 29.1 Å². The van der Waals surface area contributed by atoms with Crippen LogP contribution in [-0.4, -0.2) is 45.4 Å². The summed E-state index contributed by atoms with van der Waals surface area (Å²) in [6, 6.07) is 5.96. The van der Waals surface area contributed by atoms with E-state index >= 15 is 0 Å². The number of rotatable bonds is 3. The Balaban J connectivity index is 1.38. The van der Waals surface area contributed by atoms with Crippen molar-refractivity contribution in [2.24, 2.45) is 0 Å². The predicted molar refractivity (Wildman–Crippen MR) is 109 cm³/mol. The van der Waals surface area contributed by atoms with Gasteiger partial charge in [-0.2, -0.15) is 5.26 Å². The molecule has 3 aliphatic rings. The molecule has 0 radical (unpaired) electrons. The van der Waals surface area contributed by atoms with Crippen LogP contribution in [0.25, 0.3) is 0 Å². The molecular formula is C21H21ClN6O. The summed E-state index contributed by atoms with van der Waals surface area (Å²) in [7, 11) is 0. The zero-order chi connectivity index (χ0) is 20.1. The molecule has 2 saturated heterocycles. The van der Waals surface area contributed by atoms with Crippen LogP contribution in [0.4, 0.5) is 11.6 Å². The van der Waals surface area contributed by atoms with Crippen LogP contribution >= 0.6 is 11.6 Å². The van der Waals surface area contributed by atoms with Gasteiger partial charge < -0.3 is 15.1 Å². The molecule has 0 saturated carbocycles. The minimum Gasteiger partial charge on any atom is -0.347 e. The normalized spacial score (nSPS) is 24.5. The maximum absolute atomic E-state index is 13.0. The molecule has 0 unspecified atom stereocenters. The number of carbonyl (C=O) groups is 1. The Hall–Kier alpha value is -2.85. The van der Waals surface area contributed by atoms with Crippen molar-refractivity contribution in [1.82, 2.24) is 20.2 Å². The van der Waals surface area contributed by atoms with Crippen LogP contribution in [0.1, 0.15) is 40.9 Å². The van der Waals surface area contributed by atoms with Crippen LogP contribution in [0.2, 0.25) is 5.02 Å². The largest absolute Gasteiger partial charge is 0.347 e. The van der Waals surface area contributed by atoms with Crippen LogP contribution in [-0.2, 0) is 6.42 Å². The van der Waals surface area contributed by atoms with Crippen molar-refractivity contribution in [3.8, 4) is 6.19 Å². The summed E-state index contributed by atoms with van der Waals surface area (Å²) in [6.45, 7) is 2.69. The third-order valence-electron chi connectivity index (χ3n) is 6.30. The summed E-state index contributed by atoms with van der Waals surface area (Å²) >= 11 is 6.52. The van der Waals surface area contributed by atoms with Crippen molar-refractivity contribution in [3.63, 3.8) is 0 Å². The quantitative estimate of drug-likeness (QED) is 0.786. The first-order chi connectivity index (χ1) is 14.0. The number of nitrogens with zero attached hydrogens (tertiary/aromatic N) is 5. The van der Waals surface area contributed by atoms with Gasteiger partial charge in [-0.15, -0.1) is 0 Å². The standard InChI is InChI=1S/C21H21ClN6O/c1-12-4-6-24-21(25-12)27-7-5-13-8-15(16(22)10-19(13)27)20(29)26-17-9-14-2-3-18(17)28(14)11-23/h4,6,8,10,14,17-18H,2-3,5,7,9H2,1H3,(H,26,29)/t14-,17+,18+/m0/s1. The lowest BCUT2D eigenvalue weighted by molar-refractivity contribution is 0.0928. The van der Waals surface area contributed by atoms with E-state index in [0.29, 0.717) is 16.5 Å². The molecule has 8 heteroatoms. The number of aromatic nitrogens is 2. The Morgan fingerprint density at radius 1 is 1.38 bits per heavy atom. The third kappa shape index (κ3) is 2.99.